The second-order valence-electron chi connectivity index (χ2n) is 5.07. The number of rotatable bonds is 4. The first kappa shape index (κ1) is 13.8. The molecule has 3 nitrogen and oxygen atoms in total. The Kier molecular flexibility index (Phi) is 4.65. The van der Waals surface area contributed by atoms with Crippen LogP contribution in [-0.4, -0.2) is 25.3 Å². The molecule has 1 aromatic carbocycles. The van der Waals surface area contributed by atoms with Gasteiger partial charge in [-0.15, -0.1) is 0 Å². The van der Waals surface area contributed by atoms with Gasteiger partial charge in [-0.25, -0.2) is 0 Å². The number of hydrogen-bond donors (Lipinski definition) is 2. The Morgan fingerprint density at radius 2 is 2.39 bits per heavy atom. The molecule has 0 amide bonds. The van der Waals surface area contributed by atoms with Crippen LogP contribution in [0.1, 0.15) is 25.7 Å². The van der Waals surface area contributed by atoms with E-state index < -0.39 is 0 Å². The lowest BCUT2D eigenvalue weighted by molar-refractivity contribution is 0.0483. The zero-order chi connectivity index (χ0) is 13.0. The average molecular weight is 313 g/mol. The molecule has 0 radical (unpaired) electrons. The van der Waals surface area contributed by atoms with E-state index in [1.165, 1.54) is 0 Å². The molecular weight excluding hydrogens is 292 g/mol. The van der Waals surface area contributed by atoms with Crippen LogP contribution in [0.25, 0.3) is 0 Å². The van der Waals surface area contributed by atoms with Gasteiger partial charge in [0, 0.05) is 23.8 Å². The topological polar surface area (TPSA) is 47.3 Å². The van der Waals surface area contributed by atoms with Gasteiger partial charge in [-0.05, 0) is 43.9 Å². The highest BCUT2D eigenvalue weighted by molar-refractivity contribution is 9.10. The quantitative estimate of drug-likeness (QED) is 0.898. The van der Waals surface area contributed by atoms with Gasteiger partial charge in [-0.1, -0.05) is 22.0 Å². The number of hydrogen-bond acceptors (Lipinski definition) is 3. The second kappa shape index (κ2) is 6.04. The van der Waals surface area contributed by atoms with Gasteiger partial charge in [0.25, 0.3) is 0 Å². The van der Waals surface area contributed by atoms with Crippen molar-refractivity contribution in [3.63, 3.8) is 0 Å². The SMILES string of the molecule is COC1CCCC(CN)(Nc2cccc(Br)c2)C1. The van der Waals surface area contributed by atoms with E-state index in [1.807, 2.05) is 12.1 Å². The van der Waals surface area contributed by atoms with Crippen molar-refractivity contribution in [3.8, 4) is 0 Å². The van der Waals surface area contributed by atoms with Crippen LogP contribution in [0.4, 0.5) is 5.69 Å². The molecule has 1 fully saturated rings. The molecule has 3 N–H and O–H groups in total. The largest absolute Gasteiger partial charge is 0.381 e. The monoisotopic (exact) mass is 312 g/mol. The van der Waals surface area contributed by atoms with E-state index in [0.29, 0.717) is 12.6 Å². The first-order valence-corrected chi connectivity index (χ1v) is 7.23. The molecule has 1 aromatic rings. The maximum Gasteiger partial charge on any atom is 0.0594 e. The Morgan fingerprint density at radius 3 is 3.06 bits per heavy atom. The minimum absolute atomic E-state index is 0.0281. The Bertz CT molecular complexity index is 399. The first-order chi connectivity index (χ1) is 8.67. The third-order valence-electron chi connectivity index (χ3n) is 3.76. The van der Waals surface area contributed by atoms with Gasteiger partial charge >= 0.3 is 0 Å². The van der Waals surface area contributed by atoms with E-state index >= 15 is 0 Å². The van der Waals surface area contributed by atoms with E-state index in [0.717, 1.165) is 35.8 Å². The van der Waals surface area contributed by atoms with Gasteiger partial charge in [0.05, 0.1) is 11.6 Å². The molecule has 0 saturated heterocycles. The molecule has 0 aromatic heterocycles. The summed E-state index contributed by atoms with van der Waals surface area (Å²) in [6.07, 6.45) is 4.71. The summed E-state index contributed by atoms with van der Waals surface area (Å²) < 4.78 is 6.59. The minimum Gasteiger partial charge on any atom is -0.381 e. The van der Waals surface area contributed by atoms with Crippen molar-refractivity contribution < 1.29 is 4.74 Å². The molecule has 1 aliphatic rings. The van der Waals surface area contributed by atoms with Crippen LogP contribution in [0.2, 0.25) is 0 Å². The van der Waals surface area contributed by atoms with Gasteiger partial charge in [0.2, 0.25) is 0 Å². The number of nitrogens with one attached hydrogen (secondary N) is 1. The Balaban J connectivity index is 2.12. The van der Waals surface area contributed by atoms with Gasteiger partial charge < -0.3 is 15.8 Å². The fourth-order valence-corrected chi connectivity index (χ4v) is 3.13. The summed E-state index contributed by atoms with van der Waals surface area (Å²) in [4.78, 5) is 0. The molecule has 100 valence electrons. The molecule has 2 rings (SSSR count). The molecule has 0 spiro atoms. The highest BCUT2D eigenvalue weighted by Crippen LogP contribution is 2.33. The fourth-order valence-electron chi connectivity index (χ4n) is 2.73. The number of benzene rings is 1. The Hall–Kier alpha value is -0.580. The predicted octanol–water partition coefficient (Wildman–Crippen LogP) is 3.15. The van der Waals surface area contributed by atoms with Crippen molar-refractivity contribution in [1.82, 2.24) is 0 Å². The van der Waals surface area contributed by atoms with E-state index in [4.69, 9.17) is 10.5 Å². The molecule has 18 heavy (non-hydrogen) atoms. The number of nitrogens with two attached hydrogens (primary N) is 1. The summed E-state index contributed by atoms with van der Waals surface area (Å²) in [7, 11) is 1.79. The van der Waals surface area contributed by atoms with Crippen molar-refractivity contribution >= 4 is 21.6 Å². The van der Waals surface area contributed by atoms with Gasteiger partial charge in [0.15, 0.2) is 0 Å². The van der Waals surface area contributed by atoms with Crippen molar-refractivity contribution in [1.29, 1.82) is 0 Å². The number of methoxy groups -OCH3 is 1. The molecule has 0 aliphatic heterocycles. The molecule has 4 heteroatoms. The number of anilines is 1. The van der Waals surface area contributed by atoms with Crippen LogP contribution < -0.4 is 11.1 Å². The summed E-state index contributed by atoms with van der Waals surface area (Å²) in [6, 6.07) is 8.23. The molecule has 1 saturated carbocycles. The first-order valence-electron chi connectivity index (χ1n) is 6.44. The maximum absolute atomic E-state index is 6.01. The lowest BCUT2D eigenvalue weighted by atomic mass is 9.80. The fraction of sp³-hybridized carbons (Fsp3) is 0.571. The van der Waals surface area contributed by atoms with Gasteiger partial charge in [-0.2, -0.15) is 0 Å². The smallest absolute Gasteiger partial charge is 0.0594 e. The van der Waals surface area contributed by atoms with E-state index in [2.05, 4.69) is 33.4 Å². The Morgan fingerprint density at radius 1 is 1.56 bits per heavy atom. The van der Waals surface area contributed by atoms with Crippen LogP contribution in [0.15, 0.2) is 28.7 Å². The molecular formula is C14H21BrN2O. The lowest BCUT2D eigenvalue weighted by Crippen LogP contribution is -2.50. The highest BCUT2D eigenvalue weighted by atomic mass is 79.9. The van der Waals surface area contributed by atoms with Crippen molar-refractivity contribution in [3.05, 3.63) is 28.7 Å². The van der Waals surface area contributed by atoms with Gasteiger partial charge in [0.1, 0.15) is 0 Å². The summed E-state index contributed by atoms with van der Waals surface area (Å²) in [6.45, 7) is 0.638. The average Bonchev–Trinajstić information content (AvgIpc) is 2.39. The van der Waals surface area contributed by atoms with Crippen molar-refractivity contribution in [2.75, 3.05) is 19.0 Å². The van der Waals surface area contributed by atoms with Crippen LogP contribution in [0.3, 0.4) is 0 Å². The summed E-state index contributed by atoms with van der Waals surface area (Å²) in [5.41, 5.74) is 7.10. The van der Waals surface area contributed by atoms with E-state index in [1.54, 1.807) is 7.11 Å². The molecule has 2 unspecified atom stereocenters. The molecule has 1 aliphatic carbocycles. The van der Waals surface area contributed by atoms with Crippen LogP contribution in [0, 0.1) is 0 Å². The zero-order valence-corrected chi connectivity index (χ0v) is 12.4. The minimum atomic E-state index is -0.0281. The number of halogens is 1. The summed E-state index contributed by atoms with van der Waals surface area (Å²) >= 11 is 3.50. The summed E-state index contributed by atoms with van der Waals surface area (Å²) in [5, 5.41) is 3.61. The Labute approximate surface area is 117 Å². The third-order valence-corrected chi connectivity index (χ3v) is 4.25. The van der Waals surface area contributed by atoms with Crippen LogP contribution in [-0.2, 0) is 4.74 Å². The third kappa shape index (κ3) is 3.25. The molecule has 2 atom stereocenters. The molecule has 0 bridgehead atoms. The van der Waals surface area contributed by atoms with Crippen LogP contribution >= 0.6 is 15.9 Å². The second-order valence-corrected chi connectivity index (χ2v) is 5.99. The molecule has 0 heterocycles. The van der Waals surface area contributed by atoms with E-state index in [9.17, 15) is 0 Å². The number of ether oxygens (including phenoxy) is 1. The summed E-state index contributed by atoms with van der Waals surface area (Å²) in [5.74, 6) is 0. The lowest BCUT2D eigenvalue weighted by Gasteiger charge is -2.41. The maximum atomic E-state index is 6.01. The van der Waals surface area contributed by atoms with Crippen LogP contribution in [0.5, 0.6) is 0 Å². The normalized spacial score (nSPS) is 28.1. The predicted molar refractivity (Wildman–Crippen MR) is 78.8 cm³/mol. The van der Waals surface area contributed by atoms with Gasteiger partial charge in [-0.3, -0.25) is 0 Å². The van der Waals surface area contributed by atoms with E-state index in [-0.39, 0.29) is 5.54 Å². The zero-order valence-electron chi connectivity index (χ0n) is 10.8. The van der Waals surface area contributed by atoms with Crippen molar-refractivity contribution in [2.24, 2.45) is 5.73 Å². The van der Waals surface area contributed by atoms with Crippen molar-refractivity contribution in [2.45, 2.75) is 37.3 Å². The standard InChI is InChI=1S/C14H21BrN2O/c1-18-13-6-3-7-14(9-13,10-16)17-12-5-2-4-11(15)8-12/h2,4-5,8,13,17H,3,6-7,9-10,16H2,1H3. The highest BCUT2D eigenvalue weighted by Gasteiger charge is 2.35.